The molecule has 40 heavy (non-hydrogen) atoms. The quantitative estimate of drug-likeness (QED) is 0.111. The van der Waals surface area contributed by atoms with E-state index in [0.29, 0.717) is 30.5 Å². The van der Waals surface area contributed by atoms with Gasteiger partial charge in [-0.15, -0.1) is 0 Å². The Morgan fingerprint density at radius 2 is 1.25 bits per heavy atom. The molecule has 0 saturated carbocycles. The van der Waals surface area contributed by atoms with Gasteiger partial charge in [0.1, 0.15) is 42.6 Å². The molecule has 0 aliphatic carbocycles. The molecule has 0 fully saturated rings. The number of hydrogen-bond donors (Lipinski definition) is 1. The van der Waals surface area contributed by atoms with E-state index >= 15 is 0 Å². The maximum Gasteiger partial charge on any atom is 0.193 e. The van der Waals surface area contributed by atoms with Crippen LogP contribution in [0.1, 0.15) is 71.3 Å². The fraction of sp³-hybridized carbons (Fsp3) is 0.324. The molecular formula is C34H42O6. The smallest absolute Gasteiger partial charge is 0.193 e. The molecule has 0 amide bonds. The summed E-state index contributed by atoms with van der Waals surface area (Å²) in [6, 6.07) is 8.50. The maximum absolute atomic E-state index is 13.3. The molecule has 2 aromatic rings. The Balaban J connectivity index is 2.37. The summed E-state index contributed by atoms with van der Waals surface area (Å²) in [5, 5.41) is 10.8. The summed E-state index contributed by atoms with van der Waals surface area (Å²) < 4.78 is 23.3. The second kappa shape index (κ2) is 16.0. The average molecular weight is 547 g/mol. The maximum atomic E-state index is 13.3. The van der Waals surface area contributed by atoms with Crippen LogP contribution in [0, 0.1) is 0 Å². The number of ketones is 1. The number of carbonyl (C=O) groups is 1. The van der Waals surface area contributed by atoms with Gasteiger partial charge in [-0.05, 0) is 103 Å². The fourth-order valence-corrected chi connectivity index (χ4v) is 3.20. The highest BCUT2D eigenvalue weighted by Crippen LogP contribution is 2.35. The third-order valence-electron chi connectivity index (χ3n) is 5.32. The van der Waals surface area contributed by atoms with Crippen molar-refractivity contribution in [2.75, 3.05) is 19.8 Å². The summed E-state index contributed by atoms with van der Waals surface area (Å²) in [6.07, 6.45) is 10.5. The second-order valence-corrected chi connectivity index (χ2v) is 10.3. The van der Waals surface area contributed by atoms with E-state index in [4.69, 9.17) is 18.9 Å². The van der Waals surface area contributed by atoms with Crippen LogP contribution in [-0.2, 0) is 0 Å². The minimum Gasteiger partial charge on any atom is -0.507 e. The number of benzene rings is 2. The van der Waals surface area contributed by atoms with Crippen LogP contribution in [0.4, 0.5) is 0 Å². The van der Waals surface area contributed by atoms with Gasteiger partial charge in [-0.25, -0.2) is 0 Å². The number of hydrogen-bond acceptors (Lipinski definition) is 6. The van der Waals surface area contributed by atoms with Crippen molar-refractivity contribution in [1.29, 1.82) is 0 Å². The van der Waals surface area contributed by atoms with Crippen molar-refractivity contribution in [3.05, 3.63) is 94.3 Å². The molecule has 2 rings (SSSR count). The van der Waals surface area contributed by atoms with Gasteiger partial charge in [-0.2, -0.15) is 0 Å². The zero-order chi connectivity index (χ0) is 29.7. The van der Waals surface area contributed by atoms with Gasteiger partial charge < -0.3 is 24.1 Å². The minimum atomic E-state index is -0.408. The van der Waals surface area contributed by atoms with Crippen LogP contribution in [0.25, 0.3) is 6.08 Å². The fourth-order valence-electron chi connectivity index (χ4n) is 3.20. The molecule has 6 heteroatoms. The van der Waals surface area contributed by atoms with Crippen molar-refractivity contribution in [1.82, 2.24) is 0 Å². The molecule has 0 saturated heterocycles. The molecule has 214 valence electrons. The third kappa shape index (κ3) is 11.3. The standard InChI is InChI=1S/C34H42O6/c1-23(2)13-16-37-31-12-10-27(19-32(31)38-17-14-24(3)4)9-11-29(35)34-30(36)20-28(40-22-26(7)8)21-33(34)39-18-15-25(5)6/h9-15,19-22,36H,16-18H2,1-8H3/b11-9+. The number of rotatable bonds is 14. The topological polar surface area (TPSA) is 74.2 Å². The van der Waals surface area contributed by atoms with E-state index in [9.17, 15) is 9.90 Å². The molecule has 0 aliphatic rings. The van der Waals surface area contributed by atoms with Crippen LogP contribution >= 0.6 is 0 Å². The second-order valence-electron chi connectivity index (χ2n) is 10.3. The zero-order valence-corrected chi connectivity index (χ0v) is 25.0. The Hall–Kier alpha value is -4.19. The average Bonchev–Trinajstić information content (AvgIpc) is 2.86. The number of ether oxygens (including phenoxy) is 4. The molecule has 0 radical (unpaired) electrons. The molecule has 0 unspecified atom stereocenters. The normalized spacial score (nSPS) is 10.4. The molecule has 2 aromatic carbocycles. The van der Waals surface area contributed by atoms with E-state index in [-0.39, 0.29) is 23.7 Å². The Morgan fingerprint density at radius 1 is 0.700 bits per heavy atom. The summed E-state index contributed by atoms with van der Waals surface area (Å²) in [6.45, 7) is 16.8. The molecule has 0 aliphatic heterocycles. The van der Waals surface area contributed by atoms with Crippen molar-refractivity contribution in [2.45, 2.75) is 55.4 Å². The van der Waals surface area contributed by atoms with Crippen LogP contribution in [-0.4, -0.2) is 30.7 Å². The number of phenolic OH excluding ortho intramolecular Hbond substituents is 1. The first kappa shape index (κ1) is 32.0. The lowest BCUT2D eigenvalue weighted by Crippen LogP contribution is -2.04. The first-order valence-corrected chi connectivity index (χ1v) is 13.3. The van der Waals surface area contributed by atoms with Gasteiger partial charge in [0, 0.05) is 12.1 Å². The van der Waals surface area contributed by atoms with Crippen molar-refractivity contribution >= 4 is 11.9 Å². The Kier molecular flexibility index (Phi) is 12.8. The van der Waals surface area contributed by atoms with Gasteiger partial charge in [0.15, 0.2) is 17.3 Å². The van der Waals surface area contributed by atoms with E-state index in [1.807, 2.05) is 91.8 Å². The predicted octanol–water partition coefficient (Wildman–Crippen LogP) is 8.63. The van der Waals surface area contributed by atoms with E-state index in [2.05, 4.69) is 0 Å². The Bertz CT molecular complexity index is 1310. The lowest BCUT2D eigenvalue weighted by atomic mass is 10.1. The van der Waals surface area contributed by atoms with Crippen LogP contribution in [0.3, 0.4) is 0 Å². The highest BCUT2D eigenvalue weighted by Gasteiger charge is 2.18. The van der Waals surface area contributed by atoms with Crippen LogP contribution in [0.5, 0.6) is 28.7 Å². The summed E-state index contributed by atoms with van der Waals surface area (Å²) in [7, 11) is 0. The Labute approximate surface area is 238 Å². The van der Waals surface area contributed by atoms with Gasteiger partial charge in [0.2, 0.25) is 0 Å². The van der Waals surface area contributed by atoms with Gasteiger partial charge in [-0.1, -0.05) is 28.9 Å². The summed E-state index contributed by atoms with van der Waals surface area (Å²) in [4.78, 5) is 13.3. The summed E-state index contributed by atoms with van der Waals surface area (Å²) in [5.41, 5.74) is 5.13. The summed E-state index contributed by atoms with van der Waals surface area (Å²) in [5.74, 6) is 1.15. The number of aromatic hydroxyl groups is 1. The minimum absolute atomic E-state index is 0.0599. The molecule has 0 aromatic heterocycles. The molecule has 0 atom stereocenters. The number of allylic oxidation sites excluding steroid dienone is 5. The van der Waals surface area contributed by atoms with E-state index < -0.39 is 5.78 Å². The first-order valence-electron chi connectivity index (χ1n) is 13.3. The molecule has 6 nitrogen and oxygen atoms in total. The lowest BCUT2D eigenvalue weighted by Gasteiger charge is -2.13. The van der Waals surface area contributed by atoms with Gasteiger partial charge in [-0.3, -0.25) is 4.79 Å². The SMILES string of the molecule is CC(C)=CCOc1ccc(/C=C/C(=O)c2c(O)cc(OC=C(C)C)cc2OCC=C(C)C)cc1OCC=C(C)C. The van der Waals surface area contributed by atoms with Crippen molar-refractivity contribution < 1.29 is 28.8 Å². The summed E-state index contributed by atoms with van der Waals surface area (Å²) >= 11 is 0. The third-order valence-corrected chi connectivity index (χ3v) is 5.32. The number of phenols is 1. The zero-order valence-electron chi connectivity index (χ0n) is 25.0. The van der Waals surface area contributed by atoms with Crippen LogP contribution in [0.15, 0.2) is 83.2 Å². The first-order chi connectivity index (χ1) is 19.0. The van der Waals surface area contributed by atoms with Crippen LogP contribution in [0.2, 0.25) is 0 Å². The van der Waals surface area contributed by atoms with Crippen molar-refractivity contribution in [3.8, 4) is 28.7 Å². The largest absolute Gasteiger partial charge is 0.507 e. The van der Waals surface area contributed by atoms with Gasteiger partial charge in [0.05, 0.1) is 6.26 Å². The highest BCUT2D eigenvalue weighted by molar-refractivity contribution is 6.10. The van der Waals surface area contributed by atoms with Crippen molar-refractivity contribution in [3.63, 3.8) is 0 Å². The predicted molar refractivity (Wildman–Crippen MR) is 163 cm³/mol. The highest BCUT2D eigenvalue weighted by atomic mass is 16.5. The van der Waals surface area contributed by atoms with Crippen molar-refractivity contribution in [2.24, 2.45) is 0 Å². The van der Waals surface area contributed by atoms with Crippen LogP contribution < -0.4 is 18.9 Å². The molecule has 0 bridgehead atoms. The Morgan fingerprint density at radius 3 is 1.80 bits per heavy atom. The van der Waals surface area contributed by atoms with Gasteiger partial charge >= 0.3 is 0 Å². The van der Waals surface area contributed by atoms with E-state index in [1.165, 1.54) is 12.1 Å². The lowest BCUT2D eigenvalue weighted by molar-refractivity contribution is 0.104. The van der Waals surface area contributed by atoms with E-state index in [1.54, 1.807) is 18.4 Å². The van der Waals surface area contributed by atoms with Gasteiger partial charge in [0.25, 0.3) is 0 Å². The van der Waals surface area contributed by atoms with E-state index in [0.717, 1.165) is 27.9 Å². The number of carbonyl (C=O) groups excluding carboxylic acids is 1. The monoisotopic (exact) mass is 546 g/mol. The molecule has 0 spiro atoms. The molecule has 0 heterocycles. The molecule has 1 N–H and O–H groups in total. The molecular weight excluding hydrogens is 504 g/mol.